The SMILES string of the molecule is Cc1ccc(O)c(C)c1-c1cn2c(-c3cnn(COCC[Si](C)(C)C)c3)cnc2c(C(N)=O)c1N. The highest BCUT2D eigenvalue weighted by Crippen LogP contribution is 2.39. The van der Waals surface area contributed by atoms with Crippen LogP contribution in [0.2, 0.25) is 25.7 Å². The Morgan fingerprint density at radius 2 is 1.91 bits per heavy atom. The number of nitrogens with two attached hydrogens (primary N) is 2. The van der Waals surface area contributed by atoms with E-state index >= 15 is 0 Å². The molecular weight excluding hydrogens is 460 g/mol. The topological polar surface area (TPSA) is 134 Å². The lowest BCUT2D eigenvalue weighted by Gasteiger charge is -2.17. The van der Waals surface area contributed by atoms with Crippen LogP contribution in [0.1, 0.15) is 21.5 Å². The first-order valence-corrected chi connectivity index (χ1v) is 15.2. The van der Waals surface area contributed by atoms with Gasteiger partial charge in [-0.2, -0.15) is 5.10 Å². The molecule has 5 N–H and O–H groups in total. The summed E-state index contributed by atoms with van der Waals surface area (Å²) in [7, 11) is -1.16. The molecule has 0 unspecified atom stereocenters. The van der Waals surface area contributed by atoms with Gasteiger partial charge < -0.3 is 21.3 Å². The molecule has 9 nitrogen and oxygen atoms in total. The van der Waals surface area contributed by atoms with Gasteiger partial charge in [0.25, 0.3) is 5.91 Å². The molecular formula is C25H32N6O3Si. The predicted octanol–water partition coefficient (Wildman–Crippen LogP) is 4.18. The average molecular weight is 493 g/mol. The van der Waals surface area contributed by atoms with Gasteiger partial charge in [-0.05, 0) is 42.6 Å². The Labute approximate surface area is 205 Å². The molecule has 0 atom stereocenters. The fourth-order valence-corrected chi connectivity index (χ4v) is 4.90. The van der Waals surface area contributed by atoms with Crippen LogP contribution in [0.4, 0.5) is 5.69 Å². The molecule has 3 aromatic heterocycles. The zero-order valence-electron chi connectivity index (χ0n) is 20.8. The van der Waals surface area contributed by atoms with Crippen molar-refractivity contribution in [2.75, 3.05) is 12.3 Å². The molecule has 0 aliphatic carbocycles. The summed E-state index contributed by atoms with van der Waals surface area (Å²) in [5.74, 6) is -0.527. The fourth-order valence-electron chi connectivity index (χ4n) is 4.14. The number of aryl methyl sites for hydroxylation is 1. The normalized spacial score (nSPS) is 11.9. The van der Waals surface area contributed by atoms with E-state index in [-0.39, 0.29) is 17.0 Å². The highest BCUT2D eigenvalue weighted by molar-refractivity contribution is 6.76. The summed E-state index contributed by atoms with van der Waals surface area (Å²) in [6.07, 6.45) is 7.11. The van der Waals surface area contributed by atoms with Crippen LogP contribution in [0.25, 0.3) is 28.0 Å². The minimum absolute atomic E-state index is 0.137. The number of nitrogens with zero attached hydrogens (tertiary/aromatic N) is 4. The smallest absolute Gasteiger partial charge is 0.254 e. The van der Waals surface area contributed by atoms with Gasteiger partial charge in [0.1, 0.15) is 18.0 Å². The summed E-state index contributed by atoms with van der Waals surface area (Å²) in [5.41, 5.74) is 17.4. The number of pyridine rings is 1. The Kier molecular flexibility index (Phi) is 6.43. The number of phenolic OH excluding ortho intramolecular Hbond substituents is 1. The molecule has 0 aliphatic rings. The van der Waals surface area contributed by atoms with E-state index in [9.17, 15) is 9.90 Å². The number of aromatic hydroxyl groups is 1. The molecule has 0 aliphatic heterocycles. The van der Waals surface area contributed by atoms with E-state index in [0.717, 1.165) is 28.4 Å². The average Bonchev–Trinajstić information content (AvgIpc) is 3.40. The van der Waals surface area contributed by atoms with Crippen molar-refractivity contribution >= 4 is 25.3 Å². The lowest BCUT2D eigenvalue weighted by atomic mass is 9.93. The molecule has 0 saturated heterocycles. The van der Waals surface area contributed by atoms with Gasteiger partial charge in [-0.25, -0.2) is 9.67 Å². The van der Waals surface area contributed by atoms with Gasteiger partial charge in [-0.3, -0.25) is 9.20 Å². The Bertz CT molecular complexity index is 1420. The highest BCUT2D eigenvalue weighted by Gasteiger charge is 2.23. The van der Waals surface area contributed by atoms with E-state index in [4.69, 9.17) is 16.2 Å². The number of imidazole rings is 1. The molecule has 10 heteroatoms. The first-order chi connectivity index (χ1) is 16.5. The van der Waals surface area contributed by atoms with Gasteiger partial charge in [0.2, 0.25) is 0 Å². The number of ether oxygens (including phenoxy) is 1. The van der Waals surface area contributed by atoms with Crippen molar-refractivity contribution in [2.45, 2.75) is 46.3 Å². The summed E-state index contributed by atoms with van der Waals surface area (Å²) < 4.78 is 9.33. The predicted molar refractivity (Wildman–Crippen MR) is 140 cm³/mol. The Balaban J connectivity index is 1.78. The number of benzene rings is 1. The van der Waals surface area contributed by atoms with Crippen molar-refractivity contribution in [3.63, 3.8) is 0 Å². The lowest BCUT2D eigenvalue weighted by molar-refractivity contribution is 0.0786. The number of hydrogen-bond donors (Lipinski definition) is 3. The second-order valence-electron chi connectivity index (χ2n) is 10.1. The number of fused-ring (bicyclic) bond motifs is 1. The molecule has 4 rings (SSSR count). The summed E-state index contributed by atoms with van der Waals surface area (Å²) in [6, 6.07) is 4.54. The third-order valence-corrected chi connectivity index (χ3v) is 7.85. The Morgan fingerprint density at radius 3 is 2.60 bits per heavy atom. The highest BCUT2D eigenvalue weighted by atomic mass is 28.3. The largest absolute Gasteiger partial charge is 0.508 e. The van der Waals surface area contributed by atoms with E-state index in [1.807, 2.05) is 32.3 Å². The standard InChI is InChI=1S/C25H32N6O3Si/c1-15-6-7-20(32)16(2)21(15)18-13-31-19(11-28-25(31)22(23(18)26)24(27)33)17-10-29-30(12-17)14-34-8-9-35(3,4)5/h6-7,10-13,32H,8-9,14,26H2,1-5H3,(H2,27,33). The number of carbonyl (C=O) groups is 1. The van der Waals surface area contributed by atoms with Crippen molar-refractivity contribution in [1.29, 1.82) is 0 Å². The van der Waals surface area contributed by atoms with Gasteiger partial charge in [0, 0.05) is 38.2 Å². The van der Waals surface area contributed by atoms with Crippen LogP contribution in [-0.2, 0) is 11.5 Å². The second kappa shape index (κ2) is 9.20. The number of hydrogen-bond acceptors (Lipinski definition) is 6. The van der Waals surface area contributed by atoms with Crippen LogP contribution in [0.3, 0.4) is 0 Å². The fraction of sp³-hybridized carbons (Fsp3) is 0.320. The zero-order chi connectivity index (χ0) is 25.5. The molecule has 0 fully saturated rings. The number of rotatable bonds is 8. The minimum Gasteiger partial charge on any atom is -0.508 e. The van der Waals surface area contributed by atoms with Crippen molar-refractivity contribution in [2.24, 2.45) is 5.73 Å². The molecule has 0 saturated carbocycles. The first kappa shape index (κ1) is 24.5. The van der Waals surface area contributed by atoms with Gasteiger partial charge in [-0.1, -0.05) is 25.7 Å². The second-order valence-corrected chi connectivity index (χ2v) is 15.7. The van der Waals surface area contributed by atoms with Crippen LogP contribution in [0, 0.1) is 13.8 Å². The summed E-state index contributed by atoms with van der Waals surface area (Å²) in [6.45, 7) is 11.7. The molecule has 0 radical (unpaired) electrons. The minimum atomic E-state index is -1.16. The van der Waals surface area contributed by atoms with Gasteiger partial charge in [-0.15, -0.1) is 0 Å². The molecule has 1 amide bonds. The molecule has 0 spiro atoms. The quantitative estimate of drug-likeness (QED) is 0.250. The number of aromatic nitrogens is 4. The molecule has 35 heavy (non-hydrogen) atoms. The summed E-state index contributed by atoms with van der Waals surface area (Å²) in [4.78, 5) is 16.9. The number of primary amides is 1. The van der Waals surface area contributed by atoms with Crippen molar-refractivity contribution in [3.05, 3.63) is 53.6 Å². The van der Waals surface area contributed by atoms with E-state index in [1.54, 1.807) is 27.5 Å². The van der Waals surface area contributed by atoms with Crippen LogP contribution in [0.15, 0.2) is 36.9 Å². The maximum atomic E-state index is 12.4. The van der Waals surface area contributed by atoms with E-state index in [0.29, 0.717) is 30.1 Å². The number of amides is 1. The van der Waals surface area contributed by atoms with Crippen LogP contribution in [-0.4, -0.2) is 44.9 Å². The van der Waals surface area contributed by atoms with Gasteiger partial charge >= 0.3 is 0 Å². The number of phenols is 1. The zero-order valence-corrected chi connectivity index (χ0v) is 21.8. The lowest BCUT2D eigenvalue weighted by Crippen LogP contribution is -2.22. The van der Waals surface area contributed by atoms with Crippen molar-refractivity contribution in [1.82, 2.24) is 19.2 Å². The monoisotopic (exact) mass is 492 g/mol. The summed E-state index contributed by atoms with van der Waals surface area (Å²) >= 11 is 0. The Morgan fingerprint density at radius 1 is 1.17 bits per heavy atom. The molecule has 1 aromatic carbocycles. The number of anilines is 1. The molecule has 4 aromatic rings. The number of nitrogen functional groups attached to an aromatic ring is 1. The third-order valence-electron chi connectivity index (χ3n) is 6.15. The van der Waals surface area contributed by atoms with Gasteiger partial charge in [0.05, 0.1) is 23.8 Å². The maximum Gasteiger partial charge on any atom is 0.254 e. The van der Waals surface area contributed by atoms with Crippen molar-refractivity contribution < 1.29 is 14.6 Å². The van der Waals surface area contributed by atoms with Crippen LogP contribution >= 0.6 is 0 Å². The van der Waals surface area contributed by atoms with E-state index in [1.165, 1.54) is 0 Å². The maximum absolute atomic E-state index is 12.4. The number of carbonyl (C=O) groups excluding carboxylic acids is 1. The van der Waals surface area contributed by atoms with Gasteiger partial charge in [0.15, 0.2) is 5.65 Å². The van der Waals surface area contributed by atoms with E-state index < -0.39 is 14.0 Å². The van der Waals surface area contributed by atoms with Crippen molar-refractivity contribution in [3.8, 4) is 28.1 Å². The Hall–Kier alpha value is -3.63. The molecule has 0 bridgehead atoms. The molecule has 184 valence electrons. The first-order valence-electron chi connectivity index (χ1n) is 11.5. The van der Waals surface area contributed by atoms with Crippen LogP contribution < -0.4 is 11.5 Å². The third kappa shape index (κ3) is 4.80. The molecule has 3 heterocycles. The van der Waals surface area contributed by atoms with Crippen LogP contribution in [0.5, 0.6) is 5.75 Å². The van der Waals surface area contributed by atoms with E-state index in [2.05, 4.69) is 29.7 Å². The summed E-state index contributed by atoms with van der Waals surface area (Å²) in [5, 5.41) is 14.7.